The molecule has 1 N–H and O–H groups in total. The first-order chi connectivity index (χ1) is 8.69. The molecule has 0 saturated heterocycles. The maximum atomic E-state index is 9.71. The molecule has 0 unspecified atom stereocenters. The highest BCUT2D eigenvalue weighted by Crippen LogP contribution is 2.22. The summed E-state index contributed by atoms with van der Waals surface area (Å²) in [7, 11) is 1.59. The van der Waals surface area contributed by atoms with Crippen LogP contribution in [0.1, 0.15) is 11.1 Å². The quantitative estimate of drug-likeness (QED) is 0.836. The number of hydrogen-bond acceptors (Lipinski definition) is 3. The van der Waals surface area contributed by atoms with Crippen LogP contribution in [0.3, 0.4) is 0 Å². The van der Waals surface area contributed by atoms with Crippen LogP contribution in [-0.2, 0) is 0 Å². The molecule has 18 heavy (non-hydrogen) atoms. The van der Waals surface area contributed by atoms with E-state index in [2.05, 4.69) is 4.99 Å². The number of rotatable bonds is 3. The van der Waals surface area contributed by atoms with Crippen LogP contribution in [0.5, 0.6) is 11.5 Å². The average molecular weight is 241 g/mol. The summed E-state index contributed by atoms with van der Waals surface area (Å²) in [5, 5.41) is 9.71. The van der Waals surface area contributed by atoms with E-state index in [0.717, 1.165) is 5.69 Å². The molecule has 3 nitrogen and oxygen atoms in total. The van der Waals surface area contributed by atoms with Crippen molar-refractivity contribution in [2.75, 3.05) is 7.11 Å². The number of aromatic hydroxyl groups is 1. The number of methoxy groups -OCH3 is 1. The van der Waals surface area contributed by atoms with E-state index >= 15 is 0 Å². The molecule has 0 fully saturated rings. The Bertz CT molecular complexity index is 559. The van der Waals surface area contributed by atoms with Gasteiger partial charge in [0.15, 0.2) is 0 Å². The van der Waals surface area contributed by atoms with Gasteiger partial charge in [-0.3, -0.25) is 4.99 Å². The highest BCUT2D eigenvalue weighted by Gasteiger charge is 2.00. The fourth-order valence-electron chi connectivity index (χ4n) is 1.54. The van der Waals surface area contributed by atoms with Crippen LogP contribution in [0, 0.1) is 6.92 Å². The van der Waals surface area contributed by atoms with Crippen LogP contribution in [0.4, 0.5) is 5.69 Å². The monoisotopic (exact) mass is 241 g/mol. The molecule has 2 rings (SSSR count). The predicted molar refractivity (Wildman–Crippen MR) is 73.1 cm³/mol. The average Bonchev–Trinajstić information content (AvgIpc) is 2.40. The van der Waals surface area contributed by atoms with E-state index in [1.54, 1.807) is 31.5 Å². The van der Waals surface area contributed by atoms with Gasteiger partial charge in [0.1, 0.15) is 11.5 Å². The summed E-state index contributed by atoms with van der Waals surface area (Å²) in [6, 6.07) is 12.9. The van der Waals surface area contributed by atoms with Crippen molar-refractivity contribution in [3.63, 3.8) is 0 Å². The molecular formula is C15H15NO2. The zero-order chi connectivity index (χ0) is 13.0. The number of hydrogen-bond donors (Lipinski definition) is 1. The molecule has 92 valence electrons. The lowest BCUT2D eigenvalue weighted by Gasteiger charge is -2.03. The largest absolute Gasteiger partial charge is 0.507 e. The van der Waals surface area contributed by atoms with Crippen molar-refractivity contribution in [1.82, 2.24) is 0 Å². The normalized spacial score (nSPS) is 10.8. The van der Waals surface area contributed by atoms with Gasteiger partial charge in [-0.25, -0.2) is 0 Å². The van der Waals surface area contributed by atoms with Crippen molar-refractivity contribution in [1.29, 1.82) is 0 Å². The van der Waals surface area contributed by atoms with Crippen molar-refractivity contribution in [3.8, 4) is 11.5 Å². The Labute approximate surface area is 106 Å². The molecule has 2 aromatic carbocycles. The third-order valence-electron chi connectivity index (χ3n) is 2.62. The number of benzene rings is 2. The van der Waals surface area contributed by atoms with Crippen LogP contribution in [0.25, 0.3) is 0 Å². The number of phenolic OH excluding ortho intramolecular Hbond substituents is 1. The molecule has 2 aromatic rings. The Morgan fingerprint density at radius 1 is 1.11 bits per heavy atom. The zero-order valence-corrected chi connectivity index (χ0v) is 10.4. The second kappa shape index (κ2) is 5.36. The molecule has 0 saturated carbocycles. The summed E-state index contributed by atoms with van der Waals surface area (Å²) in [6.07, 6.45) is 1.63. The second-order valence-electron chi connectivity index (χ2n) is 4.02. The molecule has 0 aliphatic carbocycles. The van der Waals surface area contributed by atoms with Crippen LogP contribution in [0.15, 0.2) is 47.5 Å². The minimum Gasteiger partial charge on any atom is -0.507 e. The number of aliphatic imine (C=N–C) groups is 1. The molecule has 0 aliphatic rings. The smallest absolute Gasteiger partial charge is 0.124 e. The Morgan fingerprint density at radius 3 is 2.50 bits per heavy atom. The van der Waals surface area contributed by atoms with Crippen molar-refractivity contribution < 1.29 is 9.84 Å². The van der Waals surface area contributed by atoms with E-state index in [4.69, 9.17) is 4.74 Å². The Kier molecular flexibility index (Phi) is 3.63. The first-order valence-corrected chi connectivity index (χ1v) is 5.67. The maximum Gasteiger partial charge on any atom is 0.124 e. The number of aryl methyl sites for hydroxylation is 1. The van der Waals surface area contributed by atoms with Crippen LogP contribution < -0.4 is 4.74 Å². The molecular weight excluding hydrogens is 226 g/mol. The molecule has 0 radical (unpaired) electrons. The van der Waals surface area contributed by atoms with Gasteiger partial charge in [-0.05, 0) is 37.3 Å². The molecule has 0 bridgehead atoms. The SMILES string of the molecule is COc1ccc(O)c(/C=N/c2ccc(C)cc2)c1. The summed E-state index contributed by atoms with van der Waals surface area (Å²) in [6.45, 7) is 2.03. The van der Waals surface area contributed by atoms with Crippen LogP contribution in [-0.4, -0.2) is 18.4 Å². The van der Waals surface area contributed by atoms with Crippen LogP contribution in [0.2, 0.25) is 0 Å². The number of nitrogens with zero attached hydrogens (tertiary/aromatic N) is 1. The Hall–Kier alpha value is -2.29. The standard InChI is InChI=1S/C15H15NO2/c1-11-3-5-13(6-4-11)16-10-12-9-14(18-2)7-8-15(12)17/h3-10,17H,1-2H3/b16-10+. The van der Waals surface area contributed by atoms with E-state index in [-0.39, 0.29) is 5.75 Å². The summed E-state index contributed by atoms with van der Waals surface area (Å²) in [5.74, 6) is 0.879. The lowest BCUT2D eigenvalue weighted by molar-refractivity contribution is 0.412. The number of ether oxygens (including phenoxy) is 1. The summed E-state index contributed by atoms with van der Waals surface area (Å²) >= 11 is 0. The van der Waals surface area contributed by atoms with Crippen molar-refractivity contribution in [2.24, 2.45) is 4.99 Å². The minimum absolute atomic E-state index is 0.187. The van der Waals surface area contributed by atoms with Gasteiger partial charge in [-0.15, -0.1) is 0 Å². The van der Waals surface area contributed by atoms with Gasteiger partial charge in [0.05, 0.1) is 12.8 Å². The molecule has 3 heteroatoms. The molecule has 0 amide bonds. The molecule has 0 heterocycles. The van der Waals surface area contributed by atoms with Crippen molar-refractivity contribution >= 4 is 11.9 Å². The van der Waals surface area contributed by atoms with E-state index in [1.807, 2.05) is 31.2 Å². The highest BCUT2D eigenvalue weighted by atomic mass is 16.5. The van der Waals surface area contributed by atoms with Gasteiger partial charge in [0.2, 0.25) is 0 Å². The maximum absolute atomic E-state index is 9.71. The lowest BCUT2D eigenvalue weighted by atomic mass is 10.2. The molecule has 0 spiro atoms. The van der Waals surface area contributed by atoms with Gasteiger partial charge in [0, 0.05) is 11.8 Å². The van der Waals surface area contributed by atoms with Crippen molar-refractivity contribution in [3.05, 3.63) is 53.6 Å². The van der Waals surface area contributed by atoms with Gasteiger partial charge in [0.25, 0.3) is 0 Å². The van der Waals surface area contributed by atoms with E-state index in [0.29, 0.717) is 11.3 Å². The second-order valence-corrected chi connectivity index (χ2v) is 4.02. The van der Waals surface area contributed by atoms with Gasteiger partial charge in [-0.1, -0.05) is 17.7 Å². The third kappa shape index (κ3) is 2.88. The van der Waals surface area contributed by atoms with E-state index in [9.17, 15) is 5.11 Å². The van der Waals surface area contributed by atoms with Crippen molar-refractivity contribution in [2.45, 2.75) is 6.92 Å². The number of phenols is 1. The fourth-order valence-corrected chi connectivity index (χ4v) is 1.54. The molecule has 0 aromatic heterocycles. The Morgan fingerprint density at radius 2 is 1.83 bits per heavy atom. The van der Waals surface area contributed by atoms with E-state index < -0.39 is 0 Å². The minimum atomic E-state index is 0.187. The van der Waals surface area contributed by atoms with E-state index in [1.165, 1.54) is 5.56 Å². The molecule has 0 aliphatic heterocycles. The summed E-state index contributed by atoms with van der Waals surface area (Å²) in [4.78, 5) is 4.31. The predicted octanol–water partition coefficient (Wildman–Crippen LogP) is 3.46. The summed E-state index contributed by atoms with van der Waals surface area (Å²) in [5.41, 5.74) is 2.68. The van der Waals surface area contributed by atoms with Gasteiger partial charge in [-0.2, -0.15) is 0 Å². The third-order valence-corrected chi connectivity index (χ3v) is 2.62. The fraction of sp³-hybridized carbons (Fsp3) is 0.133. The summed E-state index contributed by atoms with van der Waals surface area (Å²) < 4.78 is 5.10. The van der Waals surface area contributed by atoms with Gasteiger partial charge >= 0.3 is 0 Å². The highest BCUT2D eigenvalue weighted by molar-refractivity contribution is 5.85. The zero-order valence-electron chi connectivity index (χ0n) is 10.4. The lowest BCUT2D eigenvalue weighted by Crippen LogP contribution is -1.87. The van der Waals surface area contributed by atoms with Gasteiger partial charge < -0.3 is 9.84 Å². The first-order valence-electron chi connectivity index (χ1n) is 5.67. The topological polar surface area (TPSA) is 41.8 Å². The van der Waals surface area contributed by atoms with Crippen LogP contribution >= 0.6 is 0 Å². The molecule has 0 atom stereocenters. The Balaban J connectivity index is 2.25. The first kappa shape index (κ1) is 12.2.